The topological polar surface area (TPSA) is 56.5 Å². The van der Waals surface area contributed by atoms with Crippen molar-refractivity contribution in [3.63, 3.8) is 0 Å². The van der Waals surface area contributed by atoms with Crippen LogP contribution in [0.3, 0.4) is 0 Å². The van der Waals surface area contributed by atoms with Crippen molar-refractivity contribution in [3.05, 3.63) is 24.0 Å². The Balaban J connectivity index is 2.13. The van der Waals surface area contributed by atoms with Crippen LogP contribution < -0.4 is 11.1 Å². The van der Waals surface area contributed by atoms with E-state index >= 15 is 0 Å². The molecule has 0 radical (unpaired) electrons. The number of nitrogens with one attached hydrogen (secondary N) is 1. The molecule has 1 aromatic rings. The largest absolute Gasteiger partial charge is 0.399 e. The van der Waals surface area contributed by atoms with E-state index in [1.54, 1.807) is 13.2 Å². The molecule has 3 N–H and O–H groups in total. The molecule has 0 fully saturated rings. The molecule has 96 valence electrons. The molecule has 17 heavy (non-hydrogen) atoms. The molecule has 0 bridgehead atoms. The first-order valence-corrected chi connectivity index (χ1v) is 5.59. The first-order chi connectivity index (χ1) is 8.22. The summed E-state index contributed by atoms with van der Waals surface area (Å²) < 4.78 is 23.1. The Morgan fingerprint density at radius 2 is 2.06 bits per heavy atom. The van der Waals surface area contributed by atoms with Crippen LogP contribution in [0.1, 0.15) is 6.42 Å². The fraction of sp³-hybridized carbons (Fsp3) is 0.500. The van der Waals surface area contributed by atoms with E-state index in [2.05, 4.69) is 5.32 Å². The van der Waals surface area contributed by atoms with Crippen molar-refractivity contribution in [1.82, 2.24) is 0 Å². The molecule has 1 rings (SSSR count). The van der Waals surface area contributed by atoms with E-state index in [4.69, 9.17) is 15.2 Å². The molecule has 0 heterocycles. The molecule has 0 amide bonds. The Morgan fingerprint density at radius 3 is 2.76 bits per heavy atom. The van der Waals surface area contributed by atoms with Crippen molar-refractivity contribution in [1.29, 1.82) is 0 Å². The molecule has 0 saturated heterocycles. The lowest BCUT2D eigenvalue weighted by atomic mass is 10.2. The Kier molecular flexibility index (Phi) is 6.35. The molecule has 0 aliphatic carbocycles. The van der Waals surface area contributed by atoms with Crippen molar-refractivity contribution >= 4 is 11.4 Å². The highest BCUT2D eigenvalue weighted by Gasteiger charge is 1.97. The summed E-state index contributed by atoms with van der Waals surface area (Å²) in [7, 11) is 1.64. The SMILES string of the molecule is COCCOCCCNc1cc(N)cc(F)c1. The van der Waals surface area contributed by atoms with E-state index in [0.29, 0.717) is 31.2 Å². The number of halogens is 1. The standard InChI is InChI=1S/C12H19FN2O2/c1-16-5-6-17-4-2-3-15-12-8-10(13)7-11(14)9-12/h7-9,15H,2-6,14H2,1H3. The second-order valence-corrected chi connectivity index (χ2v) is 3.66. The van der Waals surface area contributed by atoms with Crippen molar-refractivity contribution < 1.29 is 13.9 Å². The lowest BCUT2D eigenvalue weighted by molar-refractivity contribution is 0.0705. The third-order valence-electron chi connectivity index (χ3n) is 2.15. The van der Waals surface area contributed by atoms with Gasteiger partial charge in [0.25, 0.3) is 0 Å². The van der Waals surface area contributed by atoms with Crippen LogP contribution in [0.5, 0.6) is 0 Å². The zero-order chi connectivity index (χ0) is 12.5. The normalized spacial score (nSPS) is 10.5. The maximum atomic E-state index is 13.0. The van der Waals surface area contributed by atoms with Crippen LogP contribution in [-0.4, -0.2) is 33.5 Å². The predicted octanol–water partition coefficient (Wildman–Crippen LogP) is 1.87. The number of ether oxygens (including phenoxy) is 2. The second kappa shape index (κ2) is 7.86. The average molecular weight is 242 g/mol. The number of rotatable bonds is 8. The van der Waals surface area contributed by atoms with E-state index in [-0.39, 0.29) is 5.82 Å². The number of methoxy groups -OCH3 is 1. The van der Waals surface area contributed by atoms with Crippen LogP contribution in [0.2, 0.25) is 0 Å². The highest BCUT2D eigenvalue weighted by molar-refractivity contribution is 5.54. The van der Waals surface area contributed by atoms with Crippen LogP contribution in [0.15, 0.2) is 18.2 Å². The van der Waals surface area contributed by atoms with E-state index < -0.39 is 0 Å². The van der Waals surface area contributed by atoms with Crippen molar-refractivity contribution in [2.45, 2.75) is 6.42 Å². The molecule has 0 aliphatic rings. The minimum Gasteiger partial charge on any atom is -0.399 e. The highest BCUT2D eigenvalue weighted by Crippen LogP contribution is 2.15. The van der Waals surface area contributed by atoms with Crippen LogP contribution >= 0.6 is 0 Å². The van der Waals surface area contributed by atoms with Gasteiger partial charge >= 0.3 is 0 Å². The molecule has 0 aromatic heterocycles. The highest BCUT2D eigenvalue weighted by atomic mass is 19.1. The van der Waals surface area contributed by atoms with Gasteiger partial charge in [-0.1, -0.05) is 0 Å². The molecule has 1 aromatic carbocycles. The van der Waals surface area contributed by atoms with Crippen LogP contribution in [0.25, 0.3) is 0 Å². The number of nitrogens with two attached hydrogens (primary N) is 1. The van der Waals surface area contributed by atoms with Crippen molar-refractivity contribution in [2.24, 2.45) is 0 Å². The van der Waals surface area contributed by atoms with E-state index in [1.165, 1.54) is 12.1 Å². The van der Waals surface area contributed by atoms with Crippen molar-refractivity contribution in [3.8, 4) is 0 Å². The third-order valence-corrected chi connectivity index (χ3v) is 2.15. The van der Waals surface area contributed by atoms with Crippen LogP contribution in [0, 0.1) is 5.82 Å². The van der Waals surface area contributed by atoms with Gasteiger partial charge in [-0.25, -0.2) is 4.39 Å². The molecule has 4 nitrogen and oxygen atoms in total. The van der Waals surface area contributed by atoms with Gasteiger partial charge < -0.3 is 20.5 Å². The van der Waals surface area contributed by atoms with E-state index in [0.717, 1.165) is 13.0 Å². The Labute approximate surface area is 101 Å². The number of nitrogen functional groups attached to an aromatic ring is 1. The zero-order valence-electron chi connectivity index (χ0n) is 10.0. The molecule has 0 atom stereocenters. The minimum atomic E-state index is -0.330. The van der Waals surface area contributed by atoms with Crippen LogP contribution in [0.4, 0.5) is 15.8 Å². The molecule has 5 heteroatoms. The summed E-state index contributed by atoms with van der Waals surface area (Å²) in [5.41, 5.74) is 6.64. The Bertz CT molecular complexity index is 314. The summed E-state index contributed by atoms with van der Waals surface area (Å²) in [6.45, 7) is 2.58. The fourth-order valence-corrected chi connectivity index (χ4v) is 1.37. The maximum absolute atomic E-state index is 13.0. The third kappa shape index (κ3) is 6.09. The molecule has 0 unspecified atom stereocenters. The second-order valence-electron chi connectivity index (χ2n) is 3.66. The number of benzene rings is 1. The summed E-state index contributed by atoms with van der Waals surface area (Å²) >= 11 is 0. The summed E-state index contributed by atoms with van der Waals surface area (Å²) in [5.74, 6) is -0.330. The smallest absolute Gasteiger partial charge is 0.127 e. The quantitative estimate of drug-likeness (QED) is 0.540. The monoisotopic (exact) mass is 242 g/mol. The molecular formula is C12H19FN2O2. The van der Waals surface area contributed by atoms with Crippen molar-refractivity contribution in [2.75, 3.05) is 44.5 Å². The summed E-state index contributed by atoms with van der Waals surface area (Å²) in [6.07, 6.45) is 0.847. The van der Waals surface area contributed by atoms with Crippen LogP contribution in [-0.2, 0) is 9.47 Å². The first kappa shape index (κ1) is 13.7. The lowest BCUT2D eigenvalue weighted by Gasteiger charge is -2.08. The first-order valence-electron chi connectivity index (χ1n) is 5.59. The average Bonchev–Trinajstić information content (AvgIpc) is 2.26. The fourth-order valence-electron chi connectivity index (χ4n) is 1.37. The van der Waals surface area contributed by atoms with Gasteiger partial charge in [0.15, 0.2) is 0 Å². The molecule has 0 aliphatic heterocycles. The minimum absolute atomic E-state index is 0.330. The summed E-state index contributed by atoms with van der Waals surface area (Å²) in [6, 6.07) is 4.41. The number of hydrogen-bond donors (Lipinski definition) is 2. The Hall–Kier alpha value is -1.33. The van der Waals surface area contributed by atoms with E-state index in [1.807, 2.05) is 0 Å². The summed E-state index contributed by atoms with van der Waals surface area (Å²) in [4.78, 5) is 0. The maximum Gasteiger partial charge on any atom is 0.127 e. The zero-order valence-corrected chi connectivity index (χ0v) is 10.0. The lowest BCUT2D eigenvalue weighted by Crippen LogP contribution is -2.08. The molecular weight excluding hydrogens is 223 g/mol. The molecule has 0 spiro atoms. The predicted molar refractivity (Wildman–Crippen MR) is 66.6 cm³/mol. The van der Waals surface area contributed by atoms with E-state index in [9.17, 15) is 4.39 Å². The Morgan fingerprint density at radius 1 is 1.24 bits per heavy atom. The van der Waals surface area contributed by atoms with Gasteiger partial charge in [-0.2, -0.15) is 0 Å². The van der Waals surface area contributed by atoms with Gasteiger partial charge in [0.1, 0.15) is 5.82 Å². The molecule has 0 saturated carbocycles. The van der Waals surface area contributed by atoms with Gasteiger partial charge in [-0.05, 0) is 24.6 Å². The van der Waals surface area contributed by atoms with Gasteiger partial charge in [0.05, 0.1) is 13.2 Å². The number of anilines is 2. The summed E-state index contributed by atoms with van der Waals surface area (Å²) in [5, 5.41) is 3.09. The number of hydrogen-bond acceptors (Lipinski definition) is 4. The van der Waals surface area contributed by atoms with Gasteiger partial charge in [0.2, 0.25) is 0 Å². The van der Waals surface area contributed by atoms with Gasteiger partial charge in [-0.3, -0.25) is 0 Å². The van der Waals surface area contributed by atoms with Gasteiger partial charge in [-0.15, -0.1) is 0 Å². The van der Waals surface area contributed by atoms with Gasteiger partial charge in [0, 0.05) is 31.6 Å².